The molecule has 1 aromatic carbocycles. The molecule has 0 fully saturated rings. The number of aryl methyl sites for hydroxylation is 1. The Morgan fingerprint density at radius 1 is 1.14 bits per heavy atom. The van der Waals surface area contributed by atoms with E-state index in [1.54, 1.807) is 6.92 Å². The van der Waals surface area contributed by atoms with Crippen molar-refractivity contribution < 1.29 is 8.42 Å². The predicted molar refractivity (Wildman–Crippen MR) is 87.6 cm³/mol. The zero-order chi connectivity index (χ0) is 15.6. The van der Waals surface area contributed by atoms with E-state index in [0.29, 0.717) is 34.3 Å². The molecule has 0 unspecified atom stereocenters. The lowest BCUT2D eigenvalue weighted by Crippen LogP contribution is -2.23. The Morgan fingerprint density at radius 2 is 1.76 bits per heavy atom. The molecule has 5 heteroatoms. The van der Waals surface area contributed by atoms with Crippen molar-refractivity contribution in [1.82, 2.24) is 4.72 Å². The number of benzene rings is 1. The summed E-state index contributed by atoms with van der Waals surface area (Å²) in [5, 5.41) is 0. The first-order valence-corrected chi connectivity index (χ1v) is 8.65. The van der Waals surface area contributed by atoms with Crippen molar-refractivity contribution in [1.29, 1.82) is 0 Å². The van der Waals surface area contributed by atoms with E-state index in [-0.39, 0.29) is 0 Å². The fraction of sp³-hybridized carbons (Fsp3) is 0.438. The zero-order valence-corrected chi connectivity index (χ0v) is 13.8. The van der Waals surface area contributed by atoms with Crippen LogP contribution in [0, 0.1) is 12.8 Å². The largest absolute Gasteiger partial charge is 0.268 e. The van der Waals surface area contributed by atoms with Gasteiger partial charge in [0.05, 0.1) is 0 Å². The Balaban J connectivity index is 2.37. The molecule has 21 heavy (non-hydrogen) atoms. The van der Waals surface area contributed by atoms with Gasteiger partial charge < -0.3 is 0 Å². The van der Waals surface area contributed by atoms with Crippen LogP contribution in [0.25, 0.3) is 4.91 Å². The molecule has 0 spiro atoms. The molecule has 1 N–H and O–H groups in total. The van der Waals surface area contributed by atoms with Gasteiger partial charge in [-0.15, -0.1) is 0 Å². The third kappa shape index (κ3) is 3.53. The molecule has 4 nitrogen and oxygen atoms in total. The van der Waals surface area contributed by atoms with Crippen LogP contribution < -0.4 is 4.72 Å². The van der Waals surface area contributed by atoms with Crippen LogP contribution in [0.2, 0.25) is 0 Å². The molecule has 0 atom stereocenters. The highest BCUT2D eigenvalue weighted by molar-refractivity contribution is 8.00. The number of aliphatic imine (C=N–C) groups is 1. The van der Waals surface area contributed by atoms with E-state index in [9.17, 15) is 8.42 Å². The Hall–Kier alpha value is -1.62. The third-order valence-corrected chi connectivity index (χ3v) is 5.03. The normalized spacial score (nSPS) is 19.4. The van der Waals surface area contributed by atoms with Gasteiger partial charge in [0.15, 0.2) is 0 Å². The summed E-state index contributed by atoms with van der Waals surface area (Å²) in [4.78, 5) is 4.74. The van der Waals surface area contributed by atoms with E-state index in [0.717, 1.165) is 12.0 Å². The first kappa shape index (κ1) is 15.8. The molecule has 1 aromatic rings. The van der Waals surface area contributed by atoms with Gasteiger partial charge in [0, 0.05) is 12.1 Å². The van der Waals surface area contributed by atoms with Crippen molar-refractivity contribution in [3.05, 3.63) is 41.0 Å². The molecule has 0 bridgehead atoms. The molecule has 2 rings (SSSR count). The van der Waals surface area contributed by atoms with Gasteiger partial charge in [-0.3, -0.25) is 9.71 Å². The summed E-state index contributed by atoms with van der Waals surface area (Å²) in [7, 11) is -3.50. The third-order valence-electron chi connectivity index (χ3n) is 3.49. The molecule has 0 radical (unpaired) electrons. The summed E-state index contributed by atoms with van der Waals surface area (Å²) in [6, 6.07) is 7.51. The summed E-state index contributed by atoms with van der Waals surface area (Å²) >= 11 is 0. The fourth-order valence-electron chi connectivity index (χ4n) is 2.23. The van der Waals surface area contributed by atoms with E-state index >= 15 is 0 Å². The summed E-state index contributed by atoms with van der Waals surface area (Å²) < 4.78 is 27.2. The van der Waals surface area contributed by atoms with Crippen LogP contribution in [0.3, 0.4) is 0 Å². The van der Waals surface area contributed by atoms with Gasteiger partial charge in [0.1, 0.15) is 10.7 Å². The number of amidine groups is 1. The summed E-state index contributed by atoms with van der Waals surface area (Å²) in [5.41, 5.74) is 2.51. The Morgan fingerprint density at radius 3 is 2.33 bits per heavy atom. The Labute approximate surface area is 127 Å². The number of hydrogen-bond acceptors (Lipinski definition) is 3. The van der Waals surface area contributed by atoms with Crippen molar-refractivity contribution in [2.75, 3.05) is 6.54 Å². The lowest BCUT2D eigenvalue weighted by molar-refractivity contribution is 0.595. The van der Waals surface area contributed by atoms with Crippen molar-refractivity contribution in [2.24, 2.45) is 10.9 Å². The Bertz CT molecular complexity index is 683. The summed E-state index contributed by atoms with van der Waals surface area (Å²) in [6.45, 7) is 8.67. The zero-order valence-electron chi connectivity index (χ0n) is 13.0. The summed E-state index contributed by atoms with van der Waals surface area (Å²) in [6.07, 6.45) is 0.943. The van der Waals surface area contributed by atoms with Crippen molar-refractivity contribution in [3.63, 3.8) is 0 Å². The van der Waals surface area contributed by atoms with Gasteiger partial charge in [0.25, 0.3) is 10.0 Å². The van der Waals surface area contributed by atoms with Crippen molar-refractivity contribution in [2.45, 2.75) is 34.1 Å². The predicted octanol–water partition coefficient (Wildman–Crippen LogP) is 3.10. The van der Waals surface area contributed by atoms with Gasteiger partial charge in [-0.2, -0.15) is 0 Å². The smallest absolute Gasteiger partial charge is 0.264 e. The maximum atomic E-state index is 12.3. The van der Waals surface area contributed by atoms with Crippen molar-refractivity contribution >= 4 is 20.8 Å². The number of nitrogens with one attached hydrogen (secondary N) is 1. The van der Waals surface area contributed by atoms with Crippen LogP contribution in [0.5, 0.6) is 0 Å². The number of hydrogen-bond donors (Lipinski definition) is 1. The maximum Gasteiger partial charge on any atom is 0.264 e. The highest BCUT2D eigenvalue weighted by atomic mass is 32.2. The van der Waals surface area contributed by atoms with Crippen molar-refractivity contribution in [3.8, 4) is 0 Å². The first-order chi connectivity index (χ1) is 9.81. The molecule has 114 valence electrons. The second kappa shape index (κ2) is 6.02. The molecule has 0 aliphatic carbocycles. The topological polar surface area (TPSA) is 58.5 Å². The quantitative estimate of drug-likeness (QED) is 0.929. The highest BCUT2D eigenvalue weighted by Crippen LogP contribution is 2.29. The van der Waals surface area contributed by atoms with Gasteiger partial charge >= 0.3 is 0 Å². The van der Waals surface area contributed by atoms with E-state index in [1.165, 1.54) is 0 Å². The Kier molecular flexibility index (Phi) is 4.52. The van der Waals surface area contributed by atoms with Crippen LogP contribution >= 0.6 is 0 Å². The van der Waals surface area contributed by atoms with Crippen LogP contribution in [-0.4, -0.2) is 20.8 Å². The van der Waals surface area contributed by atoms with E-state index in [4.69, 9.17) is 0 Å². The SMILES string of the molecule is CC1=C(c2ccc(C)cc2)S(=O)(=O)NC1=NCCC(C)C. The second-order valence-corrected chi connectivity index (χ2v) is 7.46. The van der Waals surface area contributed by atoms with Gasteiger partial charge in [-0.25, -0.2) is 8.42 Å². The van der Waals surface area contributed by atoms with E-state index in [1.807, 2.05) is 31.2 Å². The molecule has 0 aromatic heterocycles. The minimum Gasteiger partial charge on any atom is -0.268 e. The minimum absolute atomic E-state index is 0.339. The van der Waals surface area contributed by atoms with Gasteiger partial charge in [-0.1, -0.05) is 43.7 Å². The molecule has 0 saturated carbocycles. The number of sulfonamides is 1. The average Bonchev–Trinajstić information content (AvgIpc) is 2.61. The molecule has 1 aliphatic rings. The molecular weight excluding hydrogens is 284 g/mol. The van der Waals surface area contributed by atoms with Crippen LogP contribution in [-0.2, 0) is 10.0 Å². The van der Waals surface area contributed by atoms with Crippen LogP contribution in [0.15, 0.2) is 34.8 Å². The van der Waals surface area contributed by atoms with Gasteiger partial charge in [-0.05, 0) is 31.7 Å². The lowest BCUT2D eigenvalue weighted by atomic mass is 10.1. The number of rotatable bonds is 4. The van der Waals surface area contributed by atoms with E-state index < -0.39 is 10.0 Å². The molecule has 1 heterocycles. The monoisotopic (exact) mass is 306 g/mol. The molecule has 1 aliphatic heterocycles. The molecule has 0 saturated heterocycles. The lowest BCUT2D eigenvalue weighted by Gasteiger charge is -2.03. The highest BCUT2D eigenvalue weighted by Gasteiger charge is 2.32. The minimum atomic E-state index is -3.50. The maximum absolute atomic E-state index is 12.3. The average molecular weight is 306 g/mol. The summed E-state index contributed by atoms with van der Waals surface area (Å²) in [5.74, 6) is 1.03. The molecular formula is C16H22N2O2S. The second-order valence-electron chi connectivity index (χ2n) is 5.84. The standard InChI is InChI=1S/C16H22N2O2S/c1-11(2)9-10-17-16-13(4)15(21(19,20)18-16)14-7-5-12(3)6-8-14/h5-8,11H,9-10H2,1-4H3,(H,17,18). The molecule has 0 amide bonds. The van der Waals surface area contributed by atoms with Crippen LogP contribution in [0.1, 0.15) is 38.3 Å². The number of nitrogens with zero attached hydrogens (tertiary/aromatic N) is 1. The van der Waals surface area contributed by atoms with Gasteiger partial charge in [0.2, 0.25) is 0 Å². The van der Waals surface area contributed by atoms with E-state index in [2.05, 4.69) is 23.6 Å². The fourth-order valence-corrected chi connectivity index (χ4v) is 3.75. The van der Waals surface area contributed by atoms with Crippen LogP contribution in [0.4, 0.5) is 0 Å². The first-order valence-electron chi connectivity index (χ1n) is 7.17.